The smallest absolute Gasteiger partial charge is 0.236 e. The van der Waals surface area contributed by atoms with Crippen LogP contribution in [0.15, 0.2) is 24.7 Å². The number of piperidine rings is 1. The summed E-state index contributed by atoms with van der Waals surface area (Å²) in [5, 5.41) is 6.14. The summed E-state index contributed by atoms with van der Waals surface area (Å²) in [6, 6.07) is 3.78. The van der Waals surface area contributed by atoms with Crippen molar-refractivity contribution in [2.75, 3.05) is 50.4 Å². The molecule has 4 heterocycles. The molecule has 2 N–H and O–H groups in total. The van der Waals surface area contributed by atoms with Crippen molar-refractivity contribution < 1.29 is 4.79 Å². The minimum absolute atomic E-state index is 0.261. The number of nitrogens with zero attached hydrogens (tertiary/aromatic N) is 6. The number of carbonyl (C=O) groups is 1. The lowest BCUT2D eigenvalue weighted by Gasteiger charge is -2.33. The number of amides is 1. The molecule has 2 aliphatic rings. The molecule has 2 fully saturated rings. The molecule has 2 aliphatic heterocycles. The second-order valence-corrected chi connectivity index (χ2v) is 7.63. The topological polar surface area (TPSA) is 99.2 Å². The van der Waals surface area contributed by atoms with E-state index in [9.17, 15) is 4.79 Å². The highest BCUT2D eigenvalue weighted by molar-refractivity contribution is 5.78. The molecule has 1 amide bonds. The number of anilines is 3. The van der Waals surface area contributed by atoms with Gasteiger partial charge < -0.3 is 15.5 Å². The molecule has 2 aromatic heterocycles. The highest BCUT2D eigenvalue weighted by Crippen LogP contribution is 2.26. The van der Waals surface area contributed by atoms with Crippen LogP contribution in [0, 0.1) is 0 Å². The van der Waals surface area contributed by atoms with Crippen LogP contribution in [-0.2, 0) is 4.79 Å². The maximum absolute atomic E-state index is 12.5. The van der Waals surface area contributed by atoms with Crippen molar-refractivity contribution in [3.63, 3.8) is 0 Å². The summed E-state index contributed by atoms with van der Waals surface area (Å²) in [5.74, 6) is 2.45. The molecule has 1 atom stereocenters. The van der Waals surface area contributed by atoms with E-state index in [1.54, 1.807) is 6.20 Å². The lowest BCUT2D eigenvalue weighted by Crippen LogP contribution is -2.43. The first kappa shape index (κ1) is 19.5. The Labute approximate surface area is 171 Å². The van der Waals surface area contributed by atoms with Crippen molar-refractivity contribution >= 4 is 23.5 Å². The summed E-state index contributed by atoms with van der Waals surface area (Å²) in [7, 11) is 1.81. The van der Waals surface area contributed by atoms with Crippen LogP contribution in [0.2, 0.25) is 0 Å². The normalized spacial score (nSPS) is 19.9. The van der Waals surface area contributed by atoms with Crippen LogP contribution < -0.4 is 10.6 Å². The number of hydrogen-bond acceptors (Lipinski definition) is 8. The summed E-state index contributed by atoms with van der Waals surface area (Å²) in [4.78, 5) is 34.1. The molecule has 0 unspecified atom stereocenters. The minimum atomic E-state index is 0.261. The van der Waals surface area contributed by atoms with Gasteiger partial charge in [-0.3, -0.25) is 9.69 Å². The van der Waals surface area contributed by atoms with Gasteiger partial charge in [0.15, 0.2) is 0 Å². The molecule has 29 heavy (non-hydrogen) atoms. The second kappa shape index (κ2) is 9.13. The van der Waals surface area contributed by atoms with E-state index in [1.807, 2.05) is 24.1 Å². The van der Waals surface area contributed by atoms with Crippen molar-refractivity contribution in [3.05, 3.63) is 30.4 Å². The molecule has 9 nitrogen and oxygen atoms in total. The lowest BCUT2D eigenvalue weighted by atomic mass is 9.94. The predicted octanol–water partition coefficient (Wildman–Crippen LogP) is 1.85. The lowest BCUT2D eigenvalue weighted by molar-refractivity contribution is -0.131. The SMILES string of the molecule is CNc1cc(Nc2nccc([C@@H]3CCCN(CC(=O)N4CCCC4)C3)n2)ncn1. The van der Waals surface area contributed by atoms with E-state index in [-0.39, 0.29) is 5.91 Å². The summed E-state index contributed by atoms with van der Waals surface area (Å²) in [5.41, 5.74) is 1.00. The van der Waals surface area contributed by atoms with E-state index in [0.29, 0.717) is 24.2 Å². The second-order valence-electron chi connectivity index (χ2n) is 7.63. The molecule has 2 aromatic rings. The zero-order valence-corrected chi connectivity index (χ0v) is 16.8. The first-order valence-corrected chi connectivity index (χ1v) is 10.3. The van der Waals surface area contributed by atoms with E-state index in [0.717, 1.165) is 63.4 Å². The Kier molecular flexibility index (Phi) is 6.14. The Hall–Kier alpha value is -2.81. The fourth-order valence-corrected chi connectivity index (χ4v) is 4.04. The number of hydrogen-bond donors (Lipinski definition) is 2. The number of aromatic nitrogens is 4. The summed E-state index contributed by atoms with van der Waals surface area (Å²) in [6.45, 7) is 4.17. The van der Waals surface area contributed by atoms with Crippen LogP contribution in [-0.4, -0.2) is 75.4 Å². The van der Waals surface area contributed by atoms with Gasteiger partial charge in [0, 0.05) is 44.9 Å². The molecule has 9 heteroatoms. The van der Waals surface area contributed by atoms with Gasteiger partial charge in [0.2, 0.25) is 11.9 Å². The third-order valence-corrected chi connectivity index (χ3v) is 5.58. The monoisotopic (exact) mass is 396 g/mol. The summed E-state index contributed by atoms with van der Waals surface area (Å²) >= 11 is 0. The van der Waals surface area contributed by atoms with Gasteiger partial charge in [0.05, 0.1) is 12.2 Å². The van der Waals surface area contributed by atoms with E-state index in [2.05, 4.69) is 30.5 Å². The molecule has 0 aliphatic carbocycles. The summed E-state index contributed by atoms with van der Waals surface area (Å²) < 4.78 is 0. The first-order valence-electron chi connectivity index (χ1n) is 10.3. The van der Waals surface area contributed by atoms with Crippen LogP contribution in [0.5, 0.6) is 0 Å². The molecule has 0 saturated carbocycles. The molecule has 0 bridgehead atoms. The maximum atomic E-state index is 12.5. The van der Waals surface area contributed by atoms with Gasteiger partial charge in [-0.2, -0.15) is 0 Å². The highest BCUT2D eigenvalue weighted by Gasteiger charge is 2.26. The van der Waals surface area contributed by atoms with Gasteiger partial charge in [0.1, 0.15) is 18.0 Å². The fraction of sp³-hybridized carbons (Fsp3) is 0.550. The molecule has 0 aromatic carbocycles. The van der Waals surface area contributed by atoms with E-state index in [1.165, 1.54) is 6.33 Å². The summed E-state index contributed by atoms with van der Waals surface area (Å²) in [6.07, 6.45) is 7.68. The molecule has 154 valence electrons. The minimum Gasteiger partial charge on any atom is -0.373 e. The van der Waals surface area contributed by atoms with Gasteiger partial charge in [0.25, 0.3) is 0 Å². The zero-order chi connectivity index (χ0) is 20.1. The molecular formula is C20H28N8O. The average molecular weight is 396 g/mol. The van der Waals surface area contributed by atoms with Gasteiger partial charge in [-0.05, 0) is 38.3 Å². The first-order chi connectivity index (χ1) is 14.2. The van der Waals surface area contributed by atoms with Crippen LogP contribution in [0.25, 0.3) is 0 Å². The fourth-order valence-electron chi connectivity index (χ4n) is 4.04. The molecular weight excluding hydrogens is 368 g/mol. The number of likely N-dealkylation sites (tertiary alicyclic amines) is 2. The quantitative estimate of drug-likeness (QED) is 0.763. The Morgan fingerprint density at radius 3 is 2.79 bits per heavy atom. The molecule has 4 rings (SSSR count). The average Bonchev–Trinajstić information content (AvgIpc) is 3.29. The number of carbonyl (C=O) groups excluding carboxylic acids is 1. The van der Waals surface area contributed by atoms with Crippen LogP contribution in [0.3, 0.4) is 0 Å². The standard InChI is InChI=1S/C20H28N8O/c1-21-17-11-18(24-14-23-17)26-20-22-7-6-16(25-20)15-5-4-8-27(12-15)13-19(29)28-9-2-3-10-28/h6-7,11,14-15H,2-5,8-10,12-13H2,1H3,(H2,21,22,23,24,25,26)/t15-/m1/s1. The molecule has 0 spiro atoms. The van der Waals surface area contributed by atoms with Gasteiger partial charge >= 0.3 is 0 Å². The number of rotatable bonds is 6. The third-order valence-electron chi connectivity index (χ3n) is 5.58. The Balaban J connectivity index is 1.39. The van der Waals surface area contributed by atoms with Crippen LogP contribution >= 0.6 is 0 Å². The van der Waals surface area contributed by atoms with Crippen molar-refractivity contribution in [1.82, 2.24) is 29.7 Å². The van der Waals surface area contributed by atoms with E-state index in [4.69, 9.17) is 4.98 Å². The van der Waals surface area contributed by atoms with Gasteiger partial charge in [-0.15, -0.1) is 0 Å². The largest absolute Gasteiger partial charge is 0.373 e. The Bertz CT molecular complexity index is 839. The molecule has 0 radical (unpaired) electrons. The Morgan fingerprint density at radius 1 is 1.14 bits per heavy atom. The predicted molar refractivity (Wildman–Crippen MR) is 111 cm³/mol. The van der Waals surface area contributed by atoms with Crippen molar-refractivity contribution in [3.8, 4) is 0 Å². The molecule has 2 saturated heterocycles. The van der Waals surface area contributed by atoms with Crippen molar-refractivity contribution in [1.29, 1.82) is 0 Å². The highest BCUT2D eigenvalue weighted by atomic mass is 16.2. The Morgan fingerprint density at radius 2 is 1.97 bits per heavy atom. The van der Waals surface area contributed by atoms with Crippen LogP contribution in [0.1, 0.15) is 37.3 Å². The van der Waals surface area contributed by atoms with Crippen LogP contribution in [0.4, 0.5) is 17.6 Å². The van der Waals surface area contributed by atoms with Crippen molar-refractivity contribution in [2.45, 2.75) is 31.6 Å². The number of nitrogens with one attached hydrogen (secondary N) is 2. The zero-order valence-electron chi connectivity index (χ0n) is 16.8. The van der Waals surface area contributed by atoms with Gasteiger partial charge in [-0.25, -0.2) is 19.9 Å². The van der Waals surface area contributed by atoms with E-state index >= 15 is 0 Å². The van der Waals surface area contributed by atoms with Crippen molar-refractivity contribution in [2.24, 2.45) is 0 Å². The van der Waals surface area contributed by atoms with Gasteiger partial charge in [-0.1, -0.05) is 0 Å². The maximum Gasteiger partial charge on any atom is 0.236 e. The third kappa shape index (κ3) is 4.97. The van der Waals surface area contributed by atoms with E-state index < -0.39 is 0 Å².